The summed E-state index contributed by atoms with van der Waals surface area (Å²) >= 11 is 1.29. The maximum absolute atomic E-state index is 12.6. The molecular weight excluding hydrogens is 352 g/mol. The van der Waals surface area contributed by atoms with Gasteiger partial charge in [-0.3, -0.25) is 4.79 Å². The highest BCUT2D eigenvalue weighted by Gasteiger charge is 2.27. The van der Waals surface area contributed by atoms with Crippen LogP contribution in [0.1, 0.15) is 29.9 Å². The van der Waals surface area contributed by atoms with E-state index in [2.05, 4.69) is 25.1 Å². The molecule has 3 N–H and O–H groups in total. The Morgan fingerprint density at radius 1 is 1.23 bits per heavy atom. The number of nitrogens with zero attached hydrogens (tertiary/aromatic N) is 6. The first kappa shape index (κ1) is 17.1. The van der Waals surface area contributed by atoms with E-state index in [1.165, 1.54) is 30.2 Å². The number of hydrogen-bond acceptors (Lipinski definition) is 8. The number of nitrogen functional groups attached to an aromatic ring is 1. The van der Waals surface area contributed by atoms with Crippen LogP contribution in [-0.2, 0) is 17.8 Å². The summed E-state index contributed by atoms with van der Waals surface area (Å²) in [6, 6.07) is 0. The molecule has 2 aromatic rings. The van der Waals surface area contributed by atoms with Crippen molar-refractivity contribution in [1.29, 1.82) is 0 Å². The molecule has 4 heterocycles. The lowest BCUT2D eigenvalue weighted by Crippen LogP contribution is -2.38. The van der Waals surface area contributed by atoms with E-state index < -0.39 is 0 Å². The zero-order chi connectivity index (χ0) is 18.1. The standard InChI is InChI=1S/C16H22N8OS/c1-10-18-12-8-24(13(25)9-26-16-20-15(17)21-22-16)7-4-11(12)14(19-10)23-5-2-3-6-23/h2-9H2,1H3,(H3,17,20,21,22). The normalized spacial score (nSPS) is 16.8. The third-order valence-corrected chi connectivity index (χ3v) is 5.55. The summed E-state index contributed by atoms with van der Waals surface area (Å²) in [5, 5.41) is 7.00. The van der Waals surface area contributed by atoms with Gasteiger partial charge in [0.2, 0.25) is 17.0 Å². The summed E-state index contributed by atoms with van der Waals surface area (Å²) in [6.07, 6.45) is 3.22. The highest BCUT2D eigenvalue weighted by Crippen LogP contribution is 2.29. The van der Waals surface area contributed by atoms with Crippen LogP contribution in [0.25, 0.3) is 0 Å². The van der Waals surface area contributed by atoms with Crippen molar-refractivity contribution in [2.24, 2.45) is 0 Å². The van der Waals surface area contributed by atoms with Gasteiger partial charge < -0.3 is 15.5 Å². The summed E-state index contributed by atoms with van der Waals surface area (Å²) in [4.78, 5) is 30.1. The van der Waals surface area contributed by atoms with Crippen LogP contribution in [0.3, 0.4) is 0 Å². The molecule has 0 atom stereocenters. The summed E-state index contributed by atoms with van der Waals surface area (Å²) in [7, 11) is 0. The van der Waals surface area contributed by atoms with E-state index in [1.54, 1.807) is 0 Å². The second kappa shape index (κ2) is 7.10. The average molecular weight is 374 g/mol. The first-order chi connectivity index (χ1) is 12.6. The van der Waals surface area contributed by atoms with Crippen molar-refractivity contribution in [3.63, 3.8) is 0 Å². The predicted molar refractivity (Wildman–Crippen MR) is 98.9 cm³/mol. The van der Waals surface area contributed by atoms with Gasteiger partial charge in [-0.25, -0.2) is 15.1 Å². The topological polar surface area (TPSA) is 117 Å². The van der Waals surface area contributed by atoms with E-state index in [9.17, 15) is 4.79 Å². The Bertz CT molecular complexity index is 817. The molecule has 0 aromatic carbocycles. The van der Waals surface area contributed by atoms with Crippen LogP contribution >= 0.6 is 11.8 Å². The first-order valence-corrected chi connectivity index (χ1v) is 9.78. The average Bonchev–Trinajstić information content (AvgIpc) is 3.30. The molecule has 138 valence electrons. The predicted octanol–water partition coefficient (Wildman–Crippen LogP) is 0.763. The molecule has 0 bridgehead atoms. The number of aromatic nitrogens is 5. The number of fused-ring (bicyclic) bond motifs is 1. The van der Waals surface area contributed by atoms with Gasteiger partial charge in [0.15, 0.2) is 0 Å². The third kappa shape index (κ3) is 3.46. The van der Waals surface area contributed by atoms with E-state index in [-0.39, 0.29) is 17.6 Å². The molecule has 0 radical (unpaired) electrons. The Balaban J connectivity index is 1.46. The zero-order valence-electron chi connectivity index (χ0n) is 14.7. The Hall–Kier alpha value is -2.36. The van der Waals surface area contributed by atoms with Crippen molar-refractivity contribution in [2.45, 2.75) is 37.9 Å². The molecule has 10 heteroatoms. The highest BCUT2D eigenvalue weighted by molar-refractivity contribution is 7.99. The van der Waals surface area contributed by atoms with Gasteiger partial charge in [-0.15, -0.1) is 5.10 Å². The summed E-state index contributed by atoms with van der Waals surface area (Å²) < 4.78 is 0. The minimum absolute atomic E-state index is 0.0583. The van der Waals surface area contributed by atoms with Crippen molar-refractivity contribution in [3.8, 4) is 0 Å². The van der Waals surface area contributed by atoms with Gasteiger partial charge in [-0.05, 0) is 26.2 Å². The van der Waals surface area contributed by atoms with Crippen molar-refractivity contribution in [1.82, 2.24) is 30.0 Å². The number of hydrogen-bond donors (Lipinski definition) is 2. The Kier molecular flexibility index (Phi) is 4.66. The van der Waals surface area contributed by atoms with E-state index in [4.69, 9.17) is 10.7 Å². The second-order valence-corrected chi connectivity index (χ2v) is 7.51. The zero-order valence-corrected chi connectivity index (χ0v) is 15.6. The van der Waals surface area contributed by atoms with Crippen LogP contribution in [0.4, 0.5) is 11.8 Å². The molecule has 0 unspecified atom stereocenters. The van der Waals surface area contributed by atoms with Crippen molar-refractivity contribution in [2.75, 3.05) is 36.0 Å². The maximum Gasteiger partial charge on any atom is 0.233 e. The minimum Gasteiger partial charge on any atom is -0.368 e. The van der Waals surface area contributed by atoms with Gasteiger partial charge in [0.1, 0.15) is 11.6 Å². The SMILES string of the molecule is Cc1nc2c(c(N3CCCC3)n1)CCN(C(=O)CSc1n[nH]c(N)n1)C2. The maximum atomic E-state index is 12.6. The molecule has 2 aliphatic rings. The molecular formula is C16H22N8OS. The number of aromatic amines is 1. The molecule has 1 amide bonds. The van der Waals surface area contributed by atoms with Gasteiger partial charge in [0.25, 0.3) is 0 Å². The van der Waals surface area contributed by atoms with Crippen LogP contribution in [0, 0.1) is 6.92 Å². The van der Waals surface area contributed by atoms with Crippen molar-refractivity contribution < 1.29 is 4.79 Å². The lowest BCUT2D eigenvalue weighted by Gasteiger charge is -2.31. The lowest BCUT2D eigenvalue weighted by molar-refractivity contribution is -0.129. The Morgan fingerprint density at radius 2 is 2.04 bits per heavy atom. The van der Waals surface area contributed by atoms with Crippen LogP contribution in [0.2, 0.25) is 0 Å². The van der Waals surface area contributed by atoms with Gasteiger partial charge in [-0.1, -0.05) is 11.8 Å². The fraction of sp³-hybridized carbons (Fsp3) is 0.562. The number of carbonyl (C=O) groups excluding carboxylic acids is 1. The molecule has 0 aliphatic carbocycles. The number of nitrogens with one attached hydrogen (secondary N) is 1. The van der Waals surface area contributed by atoms with E-state index in [0.29, 0.717) is 18.2 Å². The minimum atomic E-state index is 0.0583. The van der Waals surface area contributed by atoms with Crippen LogP contribution < -0.4 is 10.6 Å². The number of anilines is 2. The van der Waals surface area contributed by atoms with Crippen LogP contribution in [0.5, 0.6) is 0 Å². The molecule has 26 heavy (non-hydrogen) atoms. The molecule has 1 fully saturated rings. The number of H-pyrrole nitrogens is 1. The monoisotopic (exact) mass is 374 g/mol. The first-order valence-electron chi connectivity index (χ1n) is 8.80. The van der Waals surface area contributed by atoms with E-state index >= 15 is 0 Å². The molecule has 4 rings (SSSR count). The summed E-state index contributed by atoms with van der Waals surface area (Å²) in [6.45, 7) is 5.26. The van der Waals surface area contributed by atoms with Crippen LogP contribution in [-0.4, -0.2) is 61.3 Å². The second-order valence-electron chi connectivity index (χ2n) is 6.57. The Morgan fingerprint density at radius 3 is 2.77 bits per heavy atom. The molecule has 1 saturated heterocycles. The number of carbonyl (C=O) groups is 1. The molecule has 0 saturated carbocycles. The van der Waals surface area contributed by atoms with E-state index in [0.717, 1.165) is 36.8 Å². The number of thioether (sulfide) groups is 1. The fourth-order valence-corrected chi connectivity index (χ4v) is 4.18. The largest absolute Gasteiger partial charge is 0.368 e. The molecule has 0 spiro atoms. The third-order valence-electron chi connectivity index (χ3n) is 4.72. The molecule has 2 aromatic heterocycles. The van der Waals surface area contributed by atoms with Gasteiger partial charge in [0.05, 0.1) is 18.0 Å². The van der Waals surface area contributed by atoms with Crippen molar-refractivity contribution >= 4 is 29.4 Å². The summed E-state index contributed by atoms with van der Waals surface area (Å²) in [5.41, 5.74) is 7.69. The fourth-order valence-electron chi connectivity index (χ4n) is 3.47. The number of amides is 1. The van der Waals surface area contributed by atoms with Gasteiger partial charge >= 0.3 is 0 Å². The number of nitrogens with two attached hydrogens (primary N) is 1. The van der Waals surface area contributed by atoms with Crippen molar-refractivity contribution in [3.05, 3.63) is 17.1 Å². The quantitative estimate of drug-likeness (QED) is 0.754. The Labute approximate surface area is 155 Å². The van der Waals surface area contributed by atoms with Gasteiger partial charge in [-0.2, -0.15) is 4.98 Å². The number of aryl methyl sites for hydroxylation is 1. The summed E-state index contributed by atoms with van der Waals surface area (Å²) in [5.74, 6) is 2.44. The molecule has 2 aliphatic heterocycles. The molecule has 9 nitrogen and oxygen atoms in total. The van der Waals surface area contributed by atoms with Gasteiger partial charge in [0, 0.05) is 25.2 Å². The highest BCUT2D eigenvalue weighted by atomic mass is 32.2. The smallest absolute Gasteiger partial charge is 0.233 e. The number of rotatable bonds is 4. The lowest BCUT2D eigenvalue weighted by atomic mass is 10.0. The van der Waals surface area contributed by atoms with Crippen LogP contribution in [0.15, 0.2) is 5.16 Å². The van der Waals surface area contributed by atoms with E-state index in [1.807, 2.05) is 11.8 Å².